The van der Waals surface area contributed by atoms with Crippen molar-refractivity contribution in [3.05, 3.63) is 88.2 Å². The molecule has 160 valence electrons. The zero-order valence-corrected chi connectivity index (χ0v) is 19.7. The Morgan fingerprint density at radius 2 is 2.06 bits per heavy atom. The van der Waals surface area contributed by atoms with Gasteiger partial charge in [0.2, 0.25) is 0 Å². The summed E-state index contributed by atoms with van der Waals surface area (Å²) >= 11 is 9.07. The number of rotatable bonds is 5. The fourth-order valence-corrected chi connectivity index (χ4v) is 5.40. The Bertz CT molecular complexity index is 1330. The molecule has 5 nitrogen and oxygen atoms in total. The number of halogens is 1. The van der Waals surface area contributed by atoms with Crippen molar-refractivity contribution in [2.24, 2.45) is 10.9 Å². The number of benzene rings is 1. The van der Waals surface area contributed by atoms with Crippen molar-refractivity contribution in [3.8, 4) is 0 Å². The number of carbonyl (C=O) groups excluding carboxylic acids is 1. The maximum absolute atomic E-state index is 13.4. The van der Waals surface area contributed by atoms with Gasteiger partial charge in [0.25, 0.3) is 5.56 Å². The molecule has 0 unspecified atom stereocenters. The van der Waals surface area contributed by atoms with Crippen molar-refractivity contribution >= 4 is 46.3 Å². The summed E-state index contributed by atoms with van der Waals surface area (Å²) in [6, 6.07) is 10.6. The highest BCUT2D eigenvalue weighted by molar-refractivity contribution is 7.10. The standard InChI is InChI=1S/C23H21ClN2O3S2/c1-13(2)12-29-22(28)19-14(3)25-23-26(20(19)17-9-6-10-30-17)21(27)18(31-23)11-15-7-4-5-8-16(15)24/h4-11,13,20H,12H2,1-3H3/b18-11+/t20-/m0/s1. The van der Waals surface area contributed by atoms with Crippen LogP contribution in [-0.4, -0.2) is 17.1 Å². The van der Waals surface area contributed by atoms with E-state index >= 15 is 0 Å². The monoisotopic (exact) mass is 472 g/mol. The minimum Gasteiger partial charge on any atom is -0.462 e. The molecule has 3 aromatic rings. The molecule has 0 fully saturated rings. The molecule has 1 aliphatic rings. The molecule has 0 saturated carbocycles. The summed E-state index contributed by atoms with van der Waals surface area (Å²) in [5, 5.41) is 2.50. The second-order valence-corrected chi connectivity index (χ2v) is 10.0. The average Bonchev–Trinajstić information content (AvgIpc) is 3.36. The highest BCUT2D eigenvalue weighted by Crippen LogP contribution is 2.33. The van der Waals surface area contributed by atoms with E-state index in [1.165, 1.54) is 22.7 Å². The summed E-state index contributed by atoms with van der Waals surface area (Å²) in [5.41, 5.74) is 1.52. The van der Waals surface area contributed by atoms with E-state index in [1.807, 2.05) is 49.6 Å². The predicted octanol–water partition coefficient (Wildman–Crippen LogP) is 4.15. The van der Waals surface area contributed by atoms with E-state index in [9.17, 15) is 9.59 Å². The number of aromatic nitrogens is 1. The Kier molecular flexibility index (Phi) is 6.27. The fraction of sp³-hybridized carbons (Fsp3) is 0.261. The molecule has 31 heavy (non-hydrogen) atoms. The van der Waals surface area contributed by atoms with Crippen molar-refractivity contribution < 1.29 is 9.53 Å². The summed E-state index contributed by atoms with van der Waals surface area (Å²) in [7, 11) is 0. The number of ether oxygens (including phenoxy) is 1. The molecule has 1 aliphatic heterocycles. The Morgan fingerprint density at radius 1 is 1.29 bits per heavy atom. The lowest BCUT2D eigenvalue weighted by atomic mass is 10.0. The number of carbonyl (C=O) groups is 1. The normalized spacial score (nSPS) is 16.4. The van der Waals surface area contributed by atoms with Crippen LogP contribution in [0.2, 0.25) is 5.02 Å². The molecule has 1 aromatic carbocycles. The SMILES string of the molecule is CC1=C(C(=O)OCC(C)C)[C@H](c2cccs2)n2c(s/c(=C/c3ccccc3Cl)c2=O)=N1. The minimum absolute atomic E-state index is 0.205. The molecular weight excluding hydrogens is 452 g/mol. The molecule has 0 aliphatic carbocycles. The maximum Gasteiger partial charge on any atom is 0.338 e. The van der Waals surface area contributed by atoms with Crippen molar-refractivity contribution in [1.29, 1.82) is 0 Å². The average molecular weight is 473 g/mol. The third kappa shape index (κ3) is 4.31. The zero-order chi connectivity index (χ0) is 22.1. The van der Waals surface area contributed by atoms with Crippen LogP contribution < -0.4 is 14.9 Å². The van der Waals surface area contributed by atoms with Gasteiger partial charge in [0.1, 0.15) is 6.04 Å². The van der Waals surface area contributed by atoms with E-state index in [-0.39, 0.29) is 11.5 Å². The molecule has 1 atom stereocenters. The summed E-state index contributed by atoms with van der Waals surface area (Å²) < 4.78 is 7.63. The maximum atomic E-state index is 13.4. The summed E-state index contributed by atoms with van der Waals surface area (Å²) in [5.74, 6) is -0.226. The first-order valence-electron chi connectivity index (χ1n) is 9.84. The van der Waals surface area contributed by atoms with Crippen molar-refractivity contribution in [1.82, 2.24) is 4.57 Å². The van der Waals surface area contributed by atoms with E-state index in [0.717, 1.165) is 10.4 Å². The Labute approximate surface area is 192 Å². The van der Waals surface area contributed by atoms with E-state index < -0.39 is 12.0 Å². The first-order valence-corrected chi connectivity index (χ1v) is 11.9. The second kappa shape index (κ2) is 8.94. The lowest BCUT2D eigenvalue weighted by Crippen LogP contribution is -2.39. The van der Waals surface area contributed by atoms with Crippen LogP contribution in [0.3, 0.4) is 0 Å². The van der Waals surface area contributed by atoms with Crippen LogP contribution in [0.15, 0.2) is 62.8 Å². The van der Waals surface area contributed by atoms with Gasteiger partial charge in [-0.3, -0.25) is 9.36 Å². The molecule has 0 bridgehead atoms. The van der Waals surface area contributed by atoms with Crippen LogP contribution in [0.4, 0.5) is 0 Å². The topological polar surface area (TPSA) is 60.7 Å². The molecule has 0 N–H and O–H groups in total. The van der Waals surface area contributed by atoms with Gasteiger partial charge in [0.05, 0.1) is 22.4 Å². The van der Waals surface area contributed by atoms with Gasteiger partial charge < -0.3 is 4.74 Å². The quantitative estimate of drug-likeness (QED) is 0.524. The number of hydrogen-bond acceptors (Lipinski definition) is 6. The van der Waals surface area contributed by atoms with Crippen LogP contribution in [-0.2, 0) is 9.53 Å². The first-order chi connectivity index (χ1) is 14.9. The van der Waals surface area contributed by atoms with E-state index in [1.54, 1.807) is 23.6 Å². The van der Waals surface area contributed by atoms with Gasteiger partial charge in [0, 0.05) is 9.90 Å². The van der Waals surface area contributed by atoms with Crippen molar-refractivity contribution in [2.45, 2.75) is 26.8 Å². The van der Waals surface area contributed by atoms with Gasteiger partial charge >= 0.3 is 5.97 Å². The predicted molar refractivity (Wildman–Crippen MR) is 125 cm³/mol. The number of allylic oxidation sites excluding steroid dienone is 1. The Hall–Kier alpha value is -2.48. The van der Waals surface area contributed by atoms with Crippen LogP contribution in [0, 0.1) is 5.92 Å². The van der Waals surface area contributed by atoms with Crippen LogP contribution in [0.5, 0.6) is 0 Å². The highest BCUT2D eigenvalue weighted by atomic mass is 35.5. The van der Waals surface area contributed by atoms with Gasteiger partial charge in [0.15, 0.2) is 4.80 Å². The smallest absolute Gasteiger partial charge is 0.338 e. The van der Waals surface area contributed by atoms with Crippen molar-refractivity contribution in [3.63, 3.8) is 0 Å². The molecule has 0 amide bonds. The molecule has 4 rings (SSSR count). The third-order valence-corrected chi connectivity index (χ3v) is 7.05. The molecule has 8 heteroatoms. The number of esters is 1. The van der Waals surface area contributed by atoms with Gasteiger partial charge in [-0.15, -0.1) is 11.3 Å². The fourth-order valence-electron chi connectivity index (χ4n) is 3.35. The summed E-state index contributed by atoms with van der Waals surface area (Å²) in [6.07, 6.45) is 1.77. The largest absolute Gasteiger partial charge is 0.462 e. The molecular formula is C23H21ClN2O3S2. The second-order valence-electron chi connectivity index (χ2n) is 7.61. The number of nitrogens with zero attached hydrogens (tertiary/aromatic N) is 2. The van der Waals surface area contributed by atoms with E-state index in [0.29, 0.717) is 32.2 Å². The molecule has 0 spiro atoms. The summed E-state index contributed by atoms with van der Waals surface area (Å²) in [6.45, 7) is 6.06. The van der Waals surface area contributed by atoms with Gasteiger partial charge in [-0.2, -0.15) is 0 Å². The molecule has 2 aromatic heterocycles. The minimum atomic E-state index is -0.565. The first kappa shape index (κ1) is 21.7. The third-order valence-electron chi connectivity index (χ3n) is 4.79. The Balaban J connectivity index is 1.89. The number of fused-ring (bicyclic) bond motifs is 1. The van der Waals surface area contributed by atoms with Gasteiger partial charge in [-0.25, -0.2) is 9.79 Å². The van der Waals surface area contributed by atoms with E-state index in [4.69, 9.17) is 16.3 Å². The number of thiophene rings is 1. The van der Waals surface area contributed by atoms with Crippen LogP contribution in [0.1, 0.15) is 37.3 Å². The van der Waals surface area contributed by atoms with Gasteiger partial charge in [-0.1, -0.05) is 61.1 Å². The molecule has 3 heterocycles. The Morgan fingerprint density at radius 3 is 2.74 bits per heavy atom. The highest BCUT2D eigenvalue weighted by Gasteiger charge is 2.34. The molecule has 0 saturated heterocycles. The molecule has 0 radical (unpaired) electrons. The lowest BCUT2D eigenvalue weighted by molar-refractivity contribution is -0.140. The number of hydrogen-bond donors (Lipinski definition) is 0. The lowest BCUT2D eigenvalue weighted by Gasteiger charge is -2.23. The van der Waals surface area contributed by atoms with Gasteiger partial charge in [-0.05, 0) is 42.0 Å². The summed E-state index contributed by atoms with van der Waals surface area (Å²) in [4.78, 5) is 32.5. The van der Waals surface area contributed by atoms with E-state index in [2.05, 4.69) is 4.99 Å². The number of thiazole rings is 1. The van der Waals surface area contributed by atoms with Crippen molar-refractivity contribution in [2.75, 3.05) is 6.61 Å². The zero-order valence-electron chi connectivity index (χ0n) is 17.3. The van der Waals surface area contributed by atoms with Crippen LogP contribution in [0.25, 0.3) is 6.08 Å². The van der Waals surface area contributed by atoms with Crippen LogP contribution >= 0.6 is 34.3 Å².